The summed E-state index contributed by atoms with van der Waals surface area (Å²) in [6, 6.07) is 6.04. The summed E-state index contributed by atoms with van der Waals surface area (Å²) in [4.78, 5) is 11.5. The predicted molar refractivity (Wildman–Crippen MR) is 64.6 cm³/mol. The molecule has 0 amide bonds. The van der Waals surface area contributed by atoms with Crippen LogP contribution in [-0.4, -0.2) is 14.2 Å². The van der Waals surface area contributed by atoms with Crippen LogP contribution in [0.15, 0.2) is 29.2 Å². The summed E-state index contributed by atoms with van der Waals surface area (Å²) < 4.78 is 22.2. The molecule has 0 radical (unpaired) electrons. The molecular weight excluding hydrogens is 238 g/mol. The molecule has 0 saturated heterocycles. The van der Waals surface area contributed by atoms with Crippen molar-refractivity contribution in [2.24, 2.45) is 5.14 Å². The zero-order chi connectivity index (χ0) is 12.9. The lowest BCUT2D eigenvalue weighted by molar-refractivity contribution is -0.118. The van der Waals surface area contributed by atoms with E-state index in [1.165, 1.54) is 12.1 Å². The van der Waals surface area contributed by atoms with Gasteiger partial charge in [0, 0.05) is 19.3 Å². The molecule has 0 unspecified atom stereocenters. The Morgan fingerprint density at radius 1 is 1.41 bits per heavy atom. The lowest BCUT2D eigenvalue weighted by Crippen LogP contribution is -2.12. The first-order valence-electron chi connectivity index (χ1n) is 5.00. The zero-order valence-corrected chi connectivity index (χ0v) is 10.0. The summed E-state index contributed by atoms with van der Waals surface area (Å²) in [5.41, 5.74) is 0.624. The molecule has 1 rings (SSSR count). The number of benzene rings is 1. The smallest absolute Gasteiger partial charge is 0.238 e. The summed E-state index contributed by atoms with van der Waals surface area (Å²) >= 11 is 0. The maximum absolute atomic E-state index is 11.5. The molecule has 0 atom stereocenters. The highest BCUT2D eigenvalue weighted by atomic mass is 32.2. The molecule has 0 aliphatic carbocycles. The minimum Gasteiger partial charge on any atom is -0.299 e. The van der Waals surface area contributed by atoms with E-state index in [0.717, 1.165) is 0 Å². The van der Waals surface area contributed by atoms with E-state index < -0.39 is 10.0 Å². The third-order valence-corrected chi connectivity index (χ3v) is 3.09. The van der Waals surface area contributed by atoms with Gasteiger partial charge in [0.25, 0.3) is 0 Å². The maximum atomic E-state index is 11.5. The summed E-state index contributed by atoms with van der Waals surface area (Å²) in [6.07, 6.45) is 5.92. The summed E-state index contributed by atoms with van der Waals surface area (Å²) in [6.45, 7) is 0. The lowest BCUT2D eigenvalue weighted by Gasteiger charge is -2.02. The molecule has 0 bridgehead atoms. The van der Waals surface area contributed by atoms with Crippen LogP contribution in [0.4, 0.5) is 0 Å². The molecule has 17 heavy (non-hydrogen) atoms. The van der Waals surface area contributed by atoms with Crippen LogP contribution in [0.2, 0.25) is 0 Å². The average Bonchev–Trinajstić information content (AvgIpc) is 2.25. The molecule has 0 heterocycles. The normalized spacial score (nSPS) is 10.8. The Balaban J connectivity index is 2.80. The van der Waals surface area contributed by atoms with Crippen molar-refractivity contribution >= 4 is 15.8 Å². The number of Topliss-reactive ketones (excluding diaryl/α,β-unsaturated/α-hetero) is 1. The highest BCUT2D eigenvalue weighted by molar-refractivity contribution is 7.89. The molecule has 0 fully saturated rings. The van der Waals surface area contributed by atoms with E-state index >= 15 is 0 Å². The predicted octanol–water partition coefficient (Wildman–Crippen LogP) is 0.859. The molecule has 1 aromatic carbocycles. The molecule has 5 heteroatoms. The Bertz CT molecular complexity index is 555. The topological polar surface area (TPSA) is 77.2 Å². The molecule has 0 aliphatic rings. The largest absolute Gasteiger partial charge is 0.299 e. The second kappa shape index (κ2) is 5.62. The van der Waals surface area contributed by atoms with E-state index in [1.54, 1.807) is 12.1 Å². The molecule has 2 N–H and O–H groups in total. The van der Waals surface area contributed by atoms with E-state index in [1.807, 2.05) is 0 Å². The number of primary sulfonamides is 1. The van der Waals surface area contributed by atoms with Crippen molar-refractivity contribution in [1.82, 2.24) is 0 Å². The third kappa shape index (κ3) is 4.39. The van der Waals surface area contributed by atoms with Crippen LogP contribution in [0, 0.1) is 12.3 Å². The van der Waals surface area contributed by atoms with Gasteiger partial charge in [0.1, 0.15) is 5.78 Å². The van der Waals surface area contributed by atoms with Crippen LogP contribution in [0.1, 0.15) is 18.4 Å². The number of nitrogens with two attached hydrogens (primary N) is 1. The standard InChI is InChI=1S/C12H13NO3S/c1-2-3-6-11(14)8-10-5-4-7-12(9-10)17(13,15)16/h1,4-5,7,9H,3,6,8H2,(H2,13,15,16). The fourth-order valence-corrected chi connectivity index (χ4v) is 1.94. The molecular formula is C12H13NO3S. The second-order valence-corrected chi connectivity index (χ2v) is 5.17. The minimum atomic E-state index is -3.72. The fourth-order valence-electron chi connectivity index (χ4n) is 1.36. The van der Waals surface area contributed by atoms with Gasteiger partial charge in [-0.2, -0.15) is 0 Å². The highest BCUT2D eigenvalue weighted by Gasteiger charge is 2.09. The quantitative estimate of drug-likeness (QED) is 0.788. The van der Waals surface area contributed by atoms with E-state index in [9.17, 15) is 13.2 Å². The van der Waals surface area contributed by atoms with Crippen LogP contribution >= 0.6 is 0 Å². The van der Waals surface area contributed by atoms with Crippen molar-refractivity contribution in [1.29, 1.82) is 0 Å². The van der Waals surface area contributed by atoms with Crippen LogP contribution < -0.4 is 5.14 Å². The SMILES string of the molecule is C#CCCC(=O)Cc1cccc(S(N)(=O)=O)c1. The Hall–Kier alpha value is -1.64. The first-order valence-corrected chi connectivity index (χ1v) is 6.55. The van der Waals surface area contributed by atoms with Gasteiger partial charge >= 0.3 is 0 Å². The Kier molecular flexibility index (Phi) is 4.44. The number of ketones is 1. The van der Waals surface area contributed by atoms with E-state index in [2.05, 4.69) is 5.92 Å². The molecule has 0 saturated carbocycles. The third-order valence-electron chi connectivity index (χ3n) is 2.18. The number of rotatable bonds is 5. The van der Waals surface area contributed by atoms with Crippen molar-refractivity contribution in [3.05, 3.63) is 29.8 Å². The van der Waals surface area contributed by atoms with Crippen molar-refractivity contribution < 1.29 is 13.2 Å². The zero-order valence-electron chi connectivity index (χ0n) is 9.22. The summed E-state index contributed by atoms with van der Waals surface area (Å²) in [5, 5.41) is 5.00. The summed E-state index contributed by atoms with van der Waals surface area (Å²) in [7, 11) is -3.72. The molecule has 1 aromatic rings. The van der Waals surface area contributed by atoms with Gasteiger partial charge in [0.15, 0.2) is 0 Å². The maximum Gasteiger partial charge on any atom is 0.238 e. The fraction of sp³-hybridized carbons (Fsp3) is 0.250. The number of hydrogen-bond acceptors (Lipinski definition) is 3. The van der Waals surface area contributed by atoms with Gasteiger partial charge < -0.3 is 0 Å². The molecule has 90 valence electrons. The first kappa shape index (κ1) is 13.4. The lowest BCUT2D eigenvalue weighted by atomic mass is 10.1. The van der Waals surface area contributed by atoms with Crippen molar-refractivity contribution in [2.45, 2.75) is 24.2 Å². The Morgan fingerprint density at radius 3 is 2.71 bits per heavy atom. The van der Waals surface area contributed by atoms with Crippen LogP contribution in [0.5, 0.6) is 0 Å². The van der Waals surface area contributed by atoms with E-state index in [0.29, 0.717) is 18.4 Å². The number of carbonyl (C=O) groups excluding carboxylic acids is 1. The van der Waals surface area contributed by atoms with Gasteiger partial charge in [-0.15, -0.1) is 12.3 Å². The minimum absolute atomic E-state index is 0.0137. The first-order chi connectivity index (χ1) is 7.93. The van der Waals surface area contributed by atoms with Gasteiger partial charge in [-0.1, -0.05) is 12.1 Å². The van der Waals surface area contributed by atoms with Gasteiger partial charge in [-0.05, 0) is 17.7 Å². The van der Waals surface area contributed by atoms with Crippen molar-refractivity contribution in [3.8, 4) is 12.3 Å². The van der Waals surface area contributed by atoms with Crippen LogP contribution in [-0.2, 0) is 21.2 Å². The highest BCUT2D eigenvalue weighted by Crippen LogP contribution is 2.11. The van der Waals surface area contributed by atoms with E-state index in [4.69, 9.17) is 11.6 Å². The number of hydrogen-bond donors (Lipinski definition) is 1. The average molecular weight is 251 g/mol. The van der Waals surface area contributed by atoms with Crippen molar-refractivity contribution in [3.63, 3.8) is 0 Å². The van der Waals surface area contributed by atoms with Crippen LogP contribution in [0.25, 0.3) is 0 Å². The Morgan fingerprint density at radius 2 is 2.12 bits per heavy atom. The van der Waals surface area contributed by atoms with Gasteiger partial charge in [0.05, 0.1) is 4.90 Å². The second-order valence-electron chi connectivity index (χ2n) is 3.61. The van der Waals surface area contributed by atoms with Crippen molar-refractivity contribution in [2.75, 3.05) is 0 Å². The summed E-state index contributed by atoms with van der Waals surface area (Å²) in [5.74, 6) is 2.36. The molecule has 4 nitrogen and oxygen atoms in total. The van der Waals surface area contributed by atoms with E-state index in [-0.39, 0.29) is 17.1 Å². The van der Waals surface area contributed by atoms with Gasteiger partial charge in [-0.25, -0.2) is 13.6 Å². The molecule has 0 spiro atoms. The number of sulfonamides is 1. The molecule has 0 aliphatic heterocycles. The number of carbonyl (C=O) groups is 1. The van der Waals surface area contributed by atoms with Crippen LogP contribution in [0.3, 0.4) is 0 Å². The Labute approximate surface area is 101 Å². The monoisotopic (exact) mass is 251 g/mol. The number of terminal acetylenes is 1. The molecule has 0 aromatic heterocycles. The van der Waals surface area contributed by atoms with Gasteiger partial charge in [-0.3, -0.25) is 4.79 Å². The van der Waals surface area contributed by atoms with Gasteiger partial charge in [0.2, 0.25) is 10.0 Å².